The fourth-order valence-electron chi connectivity index (χ4n) is 1.91. The van der Waals surface area contributed by atoms with Crippen molar-refractivity contribution in [2.75, 3.05) is 13.7 Å². The van der Waals surface area contributed by atoms with Crippen LogP contribution in [0.2, 0.25) is 0 Å². The van der Waals surface area contributed by atoms with E-state index in [1.54, 1.807) is 13.8 Å². The molecule has 0 radical (unpaired) electrons. The predicted molar refractivity (Wildman–Crippen MR) is 85.3 cm³/mol. The highest BCUT2D eigenvalue weighted by atomic mass is 79.9. The van der Waals surface area contributed by atoms with E-state index in [2.05, 4.69) is 27.3 Å². The minimum absolute atomic E-state index is 0.274. The zero-order valence-corrected chi connectivity index (χ0v) is 14.3. The van der Waals surface area contributed by atoms with Crippen molar-refractivity contribution < 1.29 is 14.3 Å². The van der Waals surface area contributed by atoms with Crippen LogP contribution in [0.1, 0.15) is 32.3 Å². The average molecular weight is 356 g/mol. The normalized spacial score (nSPS) is 14.9. The molecule has 1 aliphatic rings. The molecule has 0 aliphatic heterocycles. The lowest BCUT2D eigenvalue weighted by Gasteiger charge is -2.22. The zero-order valence-electron chi connectivity index (χ0n) is 12.7. The molecule has 0 saturated heterocycles. The van der Waals surface area contributed by atoms with E-state index in [1.807, 2.05) is 12.1 Å². The van der Waals surface area contributed by atoms with E-state index in [0.29, 0.717) is 6.04 Å². The third kappa shape index (κ3) is 4.71. The highest BCUT2D eigenvalue weighted by Gasteiger charge is 2.30. The summed E-state index contributed by atoms with van der Waals surface area (Å²) in [5.74, 6) is 0.464. The first-order valence-corrected chi connectivity index (χ1v) is 7.95. The van der Waals surface area contributed by atoms with Gasteiger partial charge in [0.2, 0.25) is 0 Å². The van der Waals surface area contributed by atoms with Gasteiger partial charge in [-0.3, -0.25) is 4.79 Å². The summed E-state index contributed by atoms with van der Waals surface area (Å²) in [6.07, 6.45) is 2.57. The van der Waals surface area contributed by atoms with Crippen molar-refractivity contribution in [1.82, 2.24) is 5.32 Å². The van der Waals surface area contributed by atoms with Gasteiger partial charge in [-0.2, -0.15) is 0 Å². The standard InChI is InChI=1S/C16H22BrNO3/c1-16(2,15(19)20-3)10-21-14-7-4-11(8-13(14)17)9-18-12-5-6-12/h4,7-8,12,18H,5-6,9-10H2,1-3H3. The molecule has 21 heavy (non-hydrogen) atoms. The minimum Gasteiger partial charge on any atom is -0.491 e. The lowest BCUT2D eigenvalue weighted by molar-refractivity contribution is -0.152. The van der Waals surface area contributed by atoms with E-state index in [-0.39, 0.29) is 12.6 Å². The summed E-state index contributed by atoms with van der Waals surface area (Å²) in [5.41, 5.74) is 0.550. The van der Waals surface area contributed by atoms with Gasteiger partial charge in [-0.25, -0.2) is 0 Å². The lowest BCUT2D eigenvalue weighted by Crippen LogP contribution is -2.32. The Kier molecular flexibility index (Phi) is 5.27. The van der Waals surface area contributed by atoms with Crippen molar-refractivity contribution in [2.45, 2.75) is 39.3 Å². The highest BCUT2D eigenvalue weighted by molar-refractivity contribution is 9.10. The van der Waals surface area contributed by atoms with Crippen molar-refractivity contribution >= 4 is 21.9 Å². The fraction of sp³-hybridized carbons (Fsp3) is 0.562. The van der Waals surface area contributed by atoms with Crippen LogP contribution in [-0.2, 0) is 16.1 Å². The number of nitrogens with one attached hydrogen (secondary N) is 1. The molecular weight excluding hydrogens is 334 g/mol. The molecule has 1 aliphatic carbocycles. The van der Waals surface area contributed by atoms with E-state index >= 15 is 0 Å². The average Bonchev–Trinajstić information content (AvgIpc) is 3.27. The summed E-state index contributed by atoms with van der Waals surface area (Å²) in [5, 5.41) is 3.48. The van der Waals surface area contributed by atoms with Gasteiger partial charge in [0.1, 0.15) is 12.4 Å². The lowest BCUT2D eigenvalue weighted by atomic mass is 9.95. The molecule has 0 bridgehead atoms. The van der Waals surface area contributed by atoms with E-state index in [9.17, 15) is 4.79 Å². The van der Waals surface area contributed by atoms with E-state index in [0.717, 1.165) is 16.8 Å². The Bertz CT molecular complexity index is 512. The summed E-state index contributed by atoms with van der Waals surface area (Å²) in [4.78, 5) is 11.6. The molecule has 1 aromatic rings. The van der Waals surface area contributed by atoms with Crippen LogP contribution in [0.5, 0.6) is 5.75 Å². The Labute approximate surface area is 134 Å². The van der Waals surface area contributed by atoms with Crippen LogP contribution in [0.3, 0.4) is 0 Å². The molecule has 1 fully saturated rings. The molecule has 1 N–H and O–H groups in total. The molecule has 0 spiro atoms. The first-order valence-electron chi connectivity index (χ1n) is 7.15. The number of carbonyl (C=O) groups excluding carboxylic acids is 1. The smallest absolute Gasteiger partial charge is 0.314 e. The van der Waals surface area contributed by atoms with E-state index < -0.39 is 5.41 Å². The molecule has 2 rings (SSSR count). The molecule has 0 aromatic heterocycles. The minimum atomic E-state index is -0.666. The Morgan fingerprint density at radius 3 is 2.71 bits per heavy atom. The second kappa shape index (κ2) is 6.79. The van der Waals surface area contributed by atoms with E-state index in [1.165, 1.54) is 25.5 Å². The van der Waals surface area contributed by atoms with Crippen LogP contribution in [0.25, 0.3) is 0 Å². The molecule has 0 amide bonds. The largest absolute Gasteiger partial charge is 0.491 e. The summed E-state index contributed by atoms with van der Waals surface area (Å²) >= 11 is 3.52. The van der Waals surface area contributed by atoms with Crippen molar-refractivity contribution in [3.8, 4) is 5.75 Å². The Hall–Kier alpha value is -1.07. The summed E-state index contributed by atoms with van der Waals surface area (Å²) in [7, 11) is 1.39. The summed E-state index contributed by atoms with van der Waals surface area (Å²) in [6, 6.07) is 6.72. The van der Waals surface area contributed by atoms with Gasteiger partial charge in [-0.1, -0.05) is 6.07 Å². The Morgan fingerprint density at radius 2 is 2.14 bits per heavy atom. The van der Waals surface area contributed by atoms with Crippen molar-refractivity contribution in [1.29, 1.82) is 0 Å². The molecule has 0 heterocycles. The third-order valence-corrected chi connectivity index (χ3v) is 4.11. The van der Waals surface area contributed by atoms with Crippen LogP contribution < -0.4 is 10.1 Å². The second-order valence-electron chi connectivity index (χ2n) is 6.08. The van der Waals surface area contributed by atoms with Crippen LogP contribution in [0, 0.1) is 5.41 Å². The van der Waals surface area contributed by atoms with Crippen molar-refractivity contribution in [3.05, 3.63) is 28.2 Å². The molecule has 4 nitrogen and oxygen atoms in total. The Balaban J connectivity index is 1.92. The van der Waals surface area contributed by atoms with Gasteiger partial charge in [-0.05, 0) is 60.3 Å². The Morgan fingerprint density at radius 1 is 1.43 bits per heavy atom. The molecule has 0 unspecified atom stereocenters. The van der Waals surface area contributed by atoms with Gasteiger partial charge < -0.3 is 14.8 Å². The number of esters is 1. The fourth-order valence-corrected chi connectivity index (χ4v) is 2.46. The maximum atomic E-state index is 11.6. The van der Waals surface area contributed by atoms with Gasteiger partial charge in [0.05, 0.1) is 17.0 Å². The number of carbonyl (C=O) groups is 1. The maximum Gasteiger partial charge on any atom is 0.314 e. The molecule has 1 saturated carbocycles. The van der Waals surface area contributed by atoms with Crippen molar-refractivity contribution in [2.24, 2.45) is 5.41 Å². The van der Waals surface area contributed by atoms with Crippen LogP contribution in [0.4, 0.5) is 0 Å². The van der Waals surface area contributed by atoms with Gasteiger partial charge in [0.25, 0.3) is 0 Å². The zero-order chi connectivity index (χ0) is 15.5. The summed E-state index contributed by atoms with van der Waals surface area (Å²) < 4.78 is 11.4. The number of hydrogen-bond acceptors (Lipinski definition) is 4. The van der Waals surface area contributed by atoms with Gasteiger partial charge >= 0.3 is 5.97 Å². The second-order valence-corrected chi connectivity index (χ2v) is 6.94. The number of benzene rings is 1. The van der Waals surface area contributed by atoms with Crippen molar-refractivity contribution in [3.63, 3.8) is 0 Å². The number of halogens is 1. The molecular formula is C16H22BrNO3. The van der Waals surface area contributed by atoms with Crippen LogP contribution in [-0.4, -0.2) is 25.7 Å². The number of ether oxygens (including phenoxy) is 2. The first kappa shape index (κ1) is 16.3. The molecule has 0 atom stereocenters. The quantitative estimate of drug-likeness (QED) is 0.762. The third-order valence-electron chi connectivity index (χ3n) is 3.49. The van der Waals surface area contributed by atoms with Gasteiger partial charge in [0, 0.05) is 12.6 Å². The summed E-state index contributed by atoms with van der Waals surface area (Å²) in [6.45, 7) is 4.76. The topological polar surface area (TPSA) is 47.6 Å². The van der Waals surface area contributed by atoms with E-state index in [4.69, 9.17) is 9.47 Å². The monoisotopic (exact) mass is 355 g/mol. The molecule has 116 valence electrons. The maximum absolute atomic E-state index is 11.6. The van der Waals surface area contributed by atoms with Gasteiger partial charge in [-0.15, -0.1) is 0 Å². The predicted octanol–water partition coefficient (Wildman–Crippen LogP) is 3.28. The highest BCUT2D eigenvalue weighted by Crippen LogP contribution is 2.29. The molecule has 5 heteroatoms. The molecule has 1 aromatic carbocycles. The number of methoxy groups -OCH3 is 1. The van der Waals surface area contributed by atoms with Crippen LogP contribution >= 0.6 is 15.9 Å². The number of hydrogen-bond donors (Lipinski definition) is 1. The number of rotatable bonds is 7. The van der Waals surface area contributed by atoms with Gasteiger partial charge in [0.15, 0.2) is 0 Å². The first-order chi connectivity index (χ1) is 9.92. The van der Waals surface area contributed by atoms with Crippen LogP contribution in [0.15, 0.2) is 22.7 Å². The SMILES string of the molecule is COC(=O)C(C)(C)COc1ccc(CNC2CC2)cc1Br.